The summed E-state index contributed by atoms with van der Waals surface area (Å²) in [4.78, 5) is 68.1. The van der Waals surface area contributed by atoms with E-state index in [4.69, 9.17) is 11.6 Å². The molecular weight excluding hydrogens is 788 g/mol. The molecule has 0 radical (unpaired) electrons. The van der Waals surface area contributed by atoms with Crippen molar-refractivity contribution in [3.05, 3.63) is 83.7 Å². The maximum Gasteiger partial charge on any atom is 0.272 e. The van der Waals surface area contributed by atoms with Gasteiger partial charge in [-0.1, -0.05) is 33.7 Å². The van der Waals surface area contributed by atoms with E-state index in [2.05, 4.69) is 31.5 Å². The van der Waals surface area contributed by atoms with E-state index in [0.717, 1.165) is 30.8 Å². The Morgan fingerprint density at radius 2 is 1.14 bits per heavy atom. The van der Waals surface area contributed by atoms with Gasteiger partial charge >= 0.3 is 0 Å². The summed E-state index contributed by atoms with van der Waals surface area (Å²) in [5.41, 5.74) is 4.48. The fourth-order valence-corrected chi connectivity index (χ4v) is 7.91. The Morgan fingerprint density at radius 1 is 0.649 bits per heavy atom. The number of nitrogens with zero attached hydrogens (tertiary/aromatic N) is 5. The lowest BCUT2D eigenvalue weighted by Gasteiger charge is -2.18. The quantitative estimate of drug-likeness (QED) is 0.0417. The average Bonchev–Trinajstić information content (AvgIpc) is 3.85. The number of rotatable bonds is 22. The van der Waals surface area contributed by atoms with Crippen molar-refractivity contribution < 1.29 is 24.0 Å². The van der Waals surface area contributed by atoms with Crippen LogP contribution in [-0.4, -0.2) is 106 Å². The van der Waals surface area contributed by atoms with Gasteiger partial charge in [0.2, 0.25) is 11.8 Å². The van der Waals surface area contributed by atoms with Crippen LogP contribution in [0.5, 0.6) is 0 Å². The van der Waals surface area contributed by atoms with Gasteiger partial charge in [0, 0.05) is 102 Å². The molecule has 4 aromatic rings. The number of carbonyl (C=O) groups excluding carboxylic acids is 5. The molecular formula is C39H53ClN10O5S2. The monoisotopic (exact) mass is 840 g/mol. The fraction of sp³-hybridized carbons (Fsp3) is 0.410. The number of halogens is 1. The molecule has 5 amide bonds. The lowest BCUT2D eigenvalue weighted by atomic mass is 10.2. The molecule has 3 heterocycles. The average molecular weight is 842 g/mol. The van der Waals surface area contributed by atoms with Crippen molar-refractivity contribution in [1.82, 2.24) is 29.2 Å². The van der Waals surface area contributed by atoms with Crippen LogP contribution in [0.25, 0.3) is 0 Å². The smallest absolute Gasteiger partial charge is 0.272 e. The van der Waals surface area contributed by atoms with Crippen molar-refractivity contribution in [2.24, 2.45) is 21.1 Å². The van der Waals surface area contributed by atoms with Crippen molar-refractivity contribution in [1.29, 1.82) is 0 Å². The molecule has 3 aromatic heterocycles. The van der Waals surface area contributed by atoms with E-state index in [9.17, 15) is 24.0 Å². The number of alkyl halides is 1. The van der Waals surface area contributed by atoms with Gasteiger partial charge in [-0.15, -0.1) is 11.6 Å². The molecule has 0 atom stereocenters. The lowest BCUT2D eigenvalue weighted by molar-refractivity contribution is -0.120. The third-order valence-corrected chi connectivity index (χ3v) is 11.4. The molecule has 1 aromatic carbocycles. The first kappa shape index (κ1) is 44.9. The van der Waals surface area contributed by atoms with E-state index in [0.29, 0.717) is 71.0 Å². The summed E-state index contributed by atoms with van der Waals surface area (Å²) in [5, 5.41) is 14.3. The molecule has 0 bridgehead atoms. The van der Waals surface area contributed by atoms with Crippen LogP contribution >= 0.6 is 33.2 Å². The predicted octanol–water partition coefficient (Wildman–Crippen LogP) is 4.98. The molecule has 0 unspecified atom stereocenters. The number of hydrogen-bond acceptors (Lipinski definition) is 9. The Bertz CT molecular complexity index is 1990. The molecule has 0 aliphatic heterocycles. The zero-order chi connectivity index (χ0) is 41.5. The van der Waals surface area contributed by atoms with Crippen LogP contribution in [-0.2, 0) is 37.3 Å². The van der Waals surface area contributed by atoms with E-state index in [1.54, 1.807) is 82.4 Å². The van der Waals surface area contributed by atoms with Gasteiger partial charge < -0.3 is 50.1 Å². The van der Waals surface area contributed by atoms with Gasteiger partial charge in [-0.05, 0) is 63.0 Å². The summed E-state index contributed by atoms with van der Waals surface area (Å²) in [5.74, 6) is 0.462. The predicted molar refractivity (Wildman–Crippen MR) is 233 cm³/mol. The van der Waals surface area contributed by atoms with Gasteiger partial charge in [-0.25, -0.2) is 0 Å². The van der Waals surface area contributed by atoms with Crippen LogP contribution < -0.4 is 31.5 Å². The van der Waals surface area contributed by atoms with E-state index in [1.807, 2.05) is 50.3 Å². The molecule has 57 heavy (non-hydrogen) atoms. The number of aromatic nitrogens is 3. The third kappa shape index (κ3) is 14.2. The summed E-state index contributed by atoms with van der Waals surface area (Å²) in [7, 11) is 14.1. The normalized spacial score (nSPS) is 11.0. The van der Waals surface area contributed by atoms with Crippen LogP contribution in [0.3, 0.4) is 0 Å². The number of benzene rings is 1. The molecule has 0 aliphatic rings. The third-order valence-electron chi connectivity index (χ3n) is 8.77. The molecule has 15 nitrogen and oxygen atoms in total. The number of nitrogens with one attached hydrogen (secondary N) is 5. The minimum absolute atomic E-state index is 0.0296. The summed E-state index contributed by atoms with van der Waals surface area (Å²) in [6, 6.07) is 12.8. The van der Waals surface area contributed by atoms with E-state index in [-0.39, 0.29) is 24.1 Å². The maximum atomic E-state index is 13.2. The van der Waals surface area contributed by atoms with Crippen LogP contribution in [0.1, 0.15) is 56.3 Å². The number of hydrogen-bond donors (Lipinski definition) is 5. The van der Waals surface area contributed by atoms with E-state index in [1.165, 1.54) is 10.8 Å². The van der Waals surface area contributed by atoms with E-state index < -0.39 is 11.8 Å². The van der Waals surface area contributed by atoms with Gasteiger partial charge in [0.05, 0.1) is 17.1 Å². The van der Waals surface area contributed by atoms with Crippen molar-refractivity contribution in [2.45, 2.75) is 25.8 Å². The van der Waals surface area contributed by atoms with E-state index >= 15 is 0 Å². The summed E-state index contributed by atoms with van der Waals surface area (Å²) in [6.45, 7) is 2.62. The number of anilines is 4. The Kier molecular flexibility index (Phi) is 17.5. The first-order valence-corrected chi connectivity index (χ1v) is 21.5. The summed E-state index contributed by atoms with van der Waals surface area (Å²) < 4.78 is 4.86. The highest BCUT2D eigenvalue weighted by Crippen LogP contribution is 2.24. The second-order valence-electron chi connectivity index (χ2n) is 13.7. The highest BCUT2D eigenvalue weighted by atomic mass is 35.5. The Labute approximate surface area is 347 Å². The molecule has 308 valence electrons. The second kappa shape index (κ2) is 22.2. The first-order valence-electron chi connectivity index (χ1n) is 18.5. The molecule has 18 heteroatoms. The van der Waals surface area contributed by atoms with Crippen molar-refractivity contribution in [2.75, 3.05) is 79.0 Å². The van der Waals surface area contributed by atoms with Crippen LogP contribution in [0.2, 0.25) is 0 Å². The van der Waals surface area contributed by atoms with Crippen LogP contribution in [0, 0.1) is 0 Å². The molecule has 0 fully saturated rings. The minimum Gasteiger partial charge on any atom is -0.373 e. The zero-order valence-electron chi connectivity index (χ0n) is 33.3. The van der Waals surface area contributed by atoms with Gasteiger partial charge in [0.25, 0.3) is 17.7 Å². The standard InChI is InChI=1S/C39H53ClN10O5S2/c1-46(2)16-7-15-41-37(53)32-21-29(25-48(32)4)44-39(55)34-22-30(26-50(34)6)45-38(54)33-20-28(24-49(33)5)43-36(52)13-19-57-56-18-12-35(51)42-23-27-8-10-31(11-9-27)47(3)17-14-40/h8-11,20-22,24-26H,7,12-19,23H2,1-6H3,(H,41,53)(H,42,51)(H,43,52)(H,44,55)(H,45,54). The van der Waals surface area contributed by atoms with Gasteiger partial charge in [0.1, 0.15) is 17.1 Å². The number of carbonyl (C=O) groups is 5. The Balaban J connectivity index is 1.15. The lowest BCUT2D eigenvalue weighted by Crippen LogP contribution is -2.28. The number of amides is 5. The fourth-order valence-electron chi connectivity index (χ4n) is 5.68. The summed E-state index contributed by atoms with van der Waals surface area (Å²) >= 11 is 5.81. The van der Waals surface area contributed by atoms with Gasteiger partial charge in [0.15, 0.2) is 0 Å². The molecule has 0 saturated carbocycles. The maximum absolute atomic E-state index is 13.2. The second-order valence-corrected chi connectivity index (χ2v) is 16.8. The largest absolute Gasteiger partial charge is 0.373 e. The van der Waals surface area contributed by atoms with Crippen molar-refractivity contribution >= 4 is 85.5 Å². The summed E-state index contributed by atoms with van der Waals surface area (Å²) in [6.07, 6.45) is 6.41. The minimum atomic E-state index is -0.417. The van der Waals surface area contributed by atoms with Crippen molar-refractivity contribution in [3.63, 3.8) is 0 Å². The molecule has 0 spiro atoms. The molecule has 5 N–H and O–H groups in total. The SMILES string of the molecule is CN(C)CCCNC(=O)c1cc(NC(=O)c2cc(NC(=O)c3cc(NC(=O)CCSSCCC(=O)NCc4ccc(N(C)CCCl)cc4)cn3C)cn2C)cn1C. The first-order chi connectivity index (χ1) is 27.2. The molecule has 0 aliphatic carbocycles. The van der Waals surface area contributed by atoms with Gasteiger partial charge in [-0.3, -0.25) is 24.0 Å². The number of aryl methyl sites for hydroxylation is 3. The molecule has 4 rings (SSSR count). The topological polar surface area (TPSA) is 167 Å². The van der Waals surface area contributed by atoms with Crippen molar-refractivity contribution in [3.8, 4) is 0 Å². The highest BCUT2D eigenvalue weighted by molar-refractivity contribution is 8.76. The van der Waals surface area contributed by atoms with Gasteiger partial charge in [-0.2, -0.15) is 0 Å². The molecule has 0 saturated heterocycles. The Morgan fingerprint density at radius 3 is 1.65 bits per heavy atom. The van der Waals surface area contributed by atoms with Crippen LogP contribution in [0.4, 0.5) is 22.7 Å². The highest BCUT2D eigenvalue weighted by Gasteiger charge is 2.19. The van der Waals surface area contributed by atoms with Crippen LogP contribution in [0.15, 0.2) is 61.1 Å². The zero-order valence-corrected chi connectivity index (χ0v) is 35.7. The Hall–Kier alpha value is -4.84.